The van der Waals surface area contributed by atoms with Gasteiger partial charge in [-0.2, -0.15) is 0 Å². The van der Waals surface area contributed by atoms with E-state index in [0.717, 1.165) is 41.5 Å². The Hall–Kier alpha value is -3.38. The molecular weight excluding hydrogens is 495 g/mol. The molecule has 39 heavy (non-hydrogen) atoms. The van der Waals surface area contributed by atoms with Crippen molar-refractivity contribution >= 4 is 5.97 Å². The largest absolute Gasteiger partial charge is 0.497 e. The third-order valence-electron chi connectivity index (χ3n) is 8.36. The number of methoxy groups -OCH3 is 2. The Labute approximate surface area is 230 Å². The molecule has 5 nitrogen and oxygen atoms in total. The van der Waals surface area contributed by atoms with Crippen LogP contribution < -0.4 is 9.47 Å². The lowest BCUT2D eigenvalue weighted by Gasteiger charge is -2.34. The van der Waals surface area contributed by atoms with E-state index in [1.807, 2.05) is 36.4 Å². The molecule has 0 bridgehead atoms. The highest BCUT2D eigenvalue weighted by Crippen LogP contribution is 2.44. The van der Waals surface area contributed by atoms with Gasteiger partial charge in [0.05, 0.1) is 19.1 Å². The summed E-state index contributed by atoms with van der Waals surface area (Å²) in [6.07, 6.45) is 2.32. The molecule has 0 aromatic heterocycles. The molecule has 0 spiro atoms. The second-order valence-electron chi connectivity index (χ2n) is 11.1. The van der Waals surface area contributed by atoms with Crippen molar-refractivity contribution in [3.63, 3.8) is 0 Å². The van der Waals surface area contributed by atoms with E-state index in [4.69, 9.17) is 14.2 Å². The van der Waals surface area contributed by atoms with Crippen LogP contribution in [0.15, 0.2) is 54.6 Å². The summed E-state index contributed by atoms with van der Waals surface area (Å²) < 4.78 is 32.7. The van der Waals surface area contributed by atoms with Gasteiger partial charge in [-0.25, -0.2) is 4.39 Å². The lowest BCUT2D eigenvalue weighted by atomic mass is 9.77. The number of carbonyl (C=O) groups is 1. The van der Waals surface area contributed by atoms with E-state index in [-0.39, 0.29) is 23.3 Å². The SMILES string of the molecule is CCC(C)(C)[C@H](OC)c1cc(COc2ccc3c(c2)[C@@H]([C@H](C)C(=O)O)CC3)ccc1-c1cc(OC)ccc1F. The van der Waals surface area contributed by atoms with Crippen LogP contribution >= 0.6 is 0 Å². The lowest BCUT2D eigenvalue weighted by molar-refractivity contribution is -0.141. The minimum Gasteiger partial charge on any atom is -0.497 e. The van der Waals surface area contributed by atoms with Gasteiger partial charge in [0.25, 0.3) is 0 Å². The molecule has 6 heteroatoms. The van der Waals surface area contributed by atoms with Gasteiger partial charge in [0.2, 0.25) is 0 Å². The number of aryl methyl sites for hydroxylation is 1. The van der Waals surface area contributed by atoms with Gasteiger partial charge < -0.3 is 19.3 Å². The number of ether oxygens (including phenoxy) is 3. The summed E-state index contributed by atoms with van der Waals surface area (Å²) in [4.78, 5) is 11.6. The normalized spacial score (nSPS) is 16.4. The molecule has 0 unspecified atom stereocenters. The fourth-order valence-electron chi connectivity index (χ4n) is 5.61. The van der Waals surface area contributed by atoms with Crippen molar-refractivity contribution in [1.29, 1.82) is 0 Å². The van der Waals surface area contributed by atoms with Crippen molar-refractivity contribution in [2.75, 3.05) is 14.2 Å². The number of carboxylic acid groups (broad SMARTS) is 1. The summed E-state index contributed by atoms with van der Waals surface area (Å²) >= 11 is 0. The first kappa shape index (κ1) is 28.6. The summed E-state index contributed by atoms with van der Waals surface area (Å²) in [6, 6.07) is 16.7. The van der Waals surface area contributed by atoms with Crippen molar-refractivity contribution in [3.05, 3.63) is 82.7 Å². The van der Waals surface area contributed by atoms with Crippen LogP contribution in [0.4, 0.5) is 4.39 Å². The van der Waals surface area contributed by atoms with Crippen LogP contribution in [0.25, 0.3) is 11.1 Å². The average Bonchev–Trinajstić information content (AvgIpc) is 3.35. The maximum absolute atomic E-state index is 15.1. The summed E-state index contributed by atoms with van der Waals surface area (Å²) in [5.74, 6) is -0.263. The molecule has 1 N–H and O–H groups in total. The van der Waals surface area contributed by atoms with Crippen LogP contribution in [0.5, 0.6) is 11.5 Å². The Balaban J connectivity index is 1.68. The minimum atomic E-state index is -0.776. The lowest BCUT2D eigenvalue weighted by Crippen LogP contribution is -2.24. The third-order valence-corrected chi connectivity index (χ3v) is 8.36. The van der Waals surface area contributed by atoms with Gasteiger partial charge in [0, 0.05) is 12.7 Å². The van der Waals surface area contributed by atoms with Gasteiger partial charge in [-0.15, -0.1) is 0 Å². The van der Waals surface area contributed by atoms with Crippen LogP contribution in [-0.4, -0.2) is 25.3 Å². The number of benzene rings is 3. The molecule has 0 amide bonds. The topological polar surface area (TPSA) is 65.0 Å². The molecule has 3 aromatic carbocycles. The Morgan fingerprint density at radius 1 is 1.05 bits per heavy atom. The molecule has 1 aliphatic rings. The van der Waals surface area contributed by atoms with Gasteiger partial charge in [0.1, 0.15) is 23.9 Å². The van der Waals surface area contributed by atoms with Gasteiger partial charge in [-0.05, 0) is 94.8 Å². The van der Waals surface area contributed by atoms with Crippen LogP contribution in [0.1, 0.15) is 74.8 Å². The standard InChI is InChI=1S/C33H39FO5/c1-7-33(3,4)31(38-6)29-16-21(8-13-26(29)28-17-23(37-5)12-15-30(28)34)19-39-24-11-9-22-10-14-25(27(22)18-24)20(2)32(35)36/h8-9,11-13,15-18,20,25,31H,7,10,14,19H2,1-6H3,(H,35,36)/t20-,25+,31+/m0/s1. The van der Waals surface area contributed by atoms with Crippen LogP contribution in [0, 0.1) is 17.2 Å². The van der Waals surface area contributed by atoms with Crippen LogP contribution in [0.2, 0.25) is 0 Å². The molecule has 1 aliphatic carbocycles. The highest BCUT2D eigenvalue weighted by Gasteiger charge is 2.33. The zero-order valence-electron chi connectivity index (χ0n) is 23.7. The number of hydrogen-bond donors (Lipinski definition) is 1. The van der Waals surface area contributed by atoms with E-state index in [9.17, 15) is 9.90 Å². The fraction of sp³-hybridized carbons (Fsp3) is 0.424. The van der Waals surface area contributed by atoms with Gasteiger partial charge in [-0.3, -0.25) is 4.79 Å². The Bertz CT molecular complexity index is 1330. The molecular formula is C33H39FO5. The van der Waals surface area contributed by atoms with Crippen molar-refractivity contribution < 1.29 is 28.5 Å². The summed E-state index contributed by atoms with van der Waals surface area (Å²) in [6.45, 7) is 8.50. The zero-order valence-corrected chi connectivity index (χ0v) is 23.7. The molecule has 208 valence electrons. The maximum Gasteiger partial charge on any atom is 0.306 e. The number of halogens is 1. The van der Waals surface area contributed by atoms with E-state index in [1.54, 1.807) is 33.3 Å². The highest BCUT2D eigenvalue weighted by molar-refractivity contribution is 5.72. The van der Waals surface area contributed by atoms with Crippen molar-refractivity contribution in [2.45, 2.75) is 65.6 Å². The quantitative estimate of drug-likeness (QED) is 0.270. The number of hydrogen-bond acceptors (Lipinski definition) is 4. The first-order valence-electron chi connectivity index (χ1n) is 13.6. The zero-order chi connectivity index (χ0) is 28.3. The molecule has 4 rings (SSSR count). The van der Waals surface area contributed by atoms with E-state index in [2.05, 4.69) is 20.8 Å². The molecule has 3 aromatic rings. The van der Waals surface area contributed by atoms with Crippen molar-refractivity contribution in [2.24, 2.45) is 11.3 Å². The number of aliphatic carboxylic acids is 1. The Morgan fingerprint density at radius 2 is 1.79 bits per heavy atom. The Kier molecular flexibility index (Phi) is 8.65. The molecule has 0 radical (unpaired) electrons. The minimum absolute atomic E-state index is 0.0107. The van der Waals surface area contributed by atoms with Gasteiger partial charge in [0.15, 0.2) is 0 Å². The fourth-order valence-corrected chi connectivity index (χ4v) is 5.61. The maximum atomic E-state index is 15.1. The number of rotatable bonds is 11. The van der Waals surface area contributed by atoms with E-state index >= 15 is 4.39 Å². The van der Waals surface area contributed by atoms with Crippen LogP contribution in [0.3, 0.4) is 0 Å². The highest BCUT2D eigenvalue weighted by atomic mass is 19.1. The van der Waals surface area contributed by atoms with Crippen LogP contribution in [-0.2, 0) is 22.6 Å². The predicted molar refractivity (Wildman–Crippen MR) is 151 cm³/mol. The van der Waals surface area contributed by atoms with Gasteiger partial charge >= 0.3 is 5.97 Å². The van der Waals surface area contributed by atoms with Crippen molar-refractivity contribution in [3.8, 4) is 22.6 Å². The number of fused-ring (bicyclic) bond motifs is 1. The second kappa shape index (κ2) is 11.8. The molecule has 0 saturated heterocycles. The third kappa shape index (κ3) is 5.96. The summed E-state index contributed by atoms with van der Waals surface area (Å²) in [5.41, 5.74) is 5.10. The number of carboxylic acids is 1. The van der Waals surface area contributed by atoms with E-state index < -0.39 is 11.9 Å². The molecule has 0 fully saturated rings. The first-order valence-corrected chi connectivity index (χ1v) is 13.6. The smallest absolute Gasteiger partial charge is 0.306 e. The Morgan fingerprint density at radius 3 is 2.46 bits per heavy atom. The second-order valence-corrected chi connectivity index (χ2v) is 11.1. The average molecular weight is 535 g/mol. The summed E-state index contributed by atoms with van der Waals surface area (Å²) in [7, 11) is 3.26. The predicted octanol–water partition coefficient (Wildman–Crippen LogP) is 7.95. The molecule has 3 atom stereocenters. The van der Waals surface area contributed by atoms with Crippen molar-refractivity contribution in [1.82, 2.24) is 0 Å². The first-order chi connectivity index (χ1) is 18.6. The van der Waals surface area contributed by atoms with E-state index in [1.165, 1.54) is 11.6 Å². The molecule has 0 aliphatic heterocycles. The van der Waals surface area contributed by atoms with Gasteiger partial charge in [-0.1, -0.05) is 45.9 Å². The summed E-state index contributed by atoms with van der Waals surface area (Å²) in [5, 5.41) is 9.53. The molecule has 0 heterocycles. The molecule has 0 saturated carbocycles. The van der Waals surface area contributed by atoms with E-state index in [0.29, 0.717) is 23.7 Å². The monoisotopic (exact) mass is 534 g/mol.